The van der Waals surface area contributed by atoms with Crippen molar-refractivity contribution in [2.24, 2.45) is 0 Å². The second-order valence-corrected chi connectivity index (χ2v) is 5.97. The van der Waals surface area contributed by atoms with E-state index in [0.29, 0.717) is 6.42 Å². The molecule has 0 bridgehead atoms. The molecular weight excluding hydrogens is 308 g/mol. The maximum atomic E-state index is 12.6. The van der Waals surface area contributed by atoms with Gasteiger partial charge in [-0.05, 0) is 44.0 Å². The number of benzene rings is 1. The van der Waals surface area contributed by atoms with Gasteiger partial charge in [0.1, 0.15) is 12.1 Å². The highest BCUT2D eigenvalue weighted by molar-refractivity contribution is 9.10. The molecule has 2 rings (SSSR count). The zero-order valence-electron chi connectivity index (χ0n) is 11.3. The molecule has 2 amide bonds. The lowest BCUT2D eigenvalue weighted by Gasteiger charge is -2.39. The smallest absolute Gasteiger partial charge is 0.252 e. The van der Waals surface area contributed by atoms with Crippen molar-refractivity contribution in [1.29, 1.82) is 0 Å². The van der Waals surface area contributed by atoms with Crippen molar-refractivity contribution in [2.45, 2.75) is 32.7 Å². The van der Waals surface area contributed by atoms with Gasteiger partial charge in [0, 0.05) is 10.2 Å². The maximum Gasteiger partial charge on any atom is 0.252 e. The third-order valence-electron chi connectivity index (χ3n) is 3.59. The number of nitrogens with zero attached hydrogens (tertiary/aromatic N) is 1. The van der Waals surface area contributed by atoms with Gasteiger partial charge in [-0.25, -0.2) is 0 Å². The van der Waals surface area contributed by atoms with E-state index in [1.54, 1.807) is 11.8 Å². The monoisotopic (exact) mass is 324 g/mol. The van der Waals surface area contributed by atoms with E-state index in [4.69, 9.17) is 0 Å². The van der Waals surface area contributed by atoms with Gasteiger partial charge in [0.05, 0.1) is 0 Å². The largest absolute Gasteiger partial charge is 0.340 e. The van der Waals surface area contributed by atoms with E-state index in [2.05, 4.69) is 21.2 Å². The fraction of sp³-hybridized carbons (Fsp3) is 0.429. The number of hydrogen-bond donors (Lipinski definition) is 1. The lowest BCUT2D eigenvalue weighted by molar-refractivity contribution is -0.135. The Morgan fingerprint density at radius 1 is 1.42 bits per heavy atom. The van der Waals surface area contributed by atoms with Crippen LogP contribution in [-0.4, -0.2) is 23.9 Å². The number of carbonyl (C=O) groups is 2. The van der Waals surface area contributed by atoms with Crippen LogP contribution in [0.4, 0.5) is 5.69 Å². The number of anilines is 1. The Labute approximate surface area is 121 Å². The number of hydrogen-bond acceptors (Lipinski definition) is 2. The molecule has 0 aliphatic carbocycles. The Hall–Kier alpha value is -1.36. The zero-order chi connectivity index (χ0) is 14.2. The Kier molecular flexibility index (Phi) is 3.67. The van der Waals surface area contributed by atoms with Gasteiger partial charge >= 0.3 is 0 Å². The number of aryl methyl sites for hydroxylation is 1. The minimum absolute atomic E-state index is 0.0555. The third kappa shape index (κ3) is 2.52. The molecule has 0 saturated carbocycles. The highest BCUT2D eigenvalue weighted by Gasteiger charge is 2.42. The van der Waals surface area contributed by atoms with Gasteiger partial charge in [-0.3, -0.25) is 9.59 Å². The fourth-order valence-electron chi connectivity index (χ4n) is 2.27. The molecule has 1 aromatic rings. The SMILES string of the molecule is CCC1(C)NC(=O)CN(c2ccc(Br)cc2C)C1=O. The molecular formula is C14H17BrN2O2. The Morgan fingerprint density at radius 3 is 2.68 bits per heavy atom. The Balaban J connectivity index is 2.43. The van der Waals surface area contributed by atoms with Crippen molar-refractivity contribution in [1.82, 2.24) is 5.32 Å². The van der Waals surface area contributed by atoms with Crippen LogP contribution in [0.1, 0.15) is 25.8 Å². The van der Waals surface area contributed by atoms with E-state index >= 15 is 0 Å². The molecule has 4 nitrogen and oxygen atoms in total. The molecule has 1 saturated heterocycles. The summed E-state index contributed by atoms with van der Waals surface area (Å²) >= 11 is 3.40. The average molecular weight is 325 g/mol. The summed E-state index contributed by atoms with van der Waals surface area (Å²) in [6.07, 6.45) is 0.573. The van der Waals surface area contributed by atoms with Crippen molar-refractivity contribution in [2.75, 3.05) is 11.4 Å². The van der Waals surface area contributed by atoms with Crippen molar-refractivity contribution in [3.05, 3.63) is 28.2 Å². The minimum atomic E-state index is -0.811. The molecule has 1 unspecified atom stereocenters. The molecule has 1 aliphatic rings. The summed E-state index contributed by atoms with van der Waals surface area (Å²) in [4.78, 5) is 26.0. The summed E-state index contributed by atoms with van der Waals surface area (Å²) in [5, 5.41) is 2.78. The standard InChI is InChI=1S/C14H17BrN2O2/c1-4-14(3)13(19)17(8-12(18)16-14)11-6-5-10(15)7-9(11)2/h5-7H,4,8H2,1-3H3,(H,16,18). The van der Waals surface area contributed by atoms with Crippen LogP contribution in [0.2, 0.25) is 0 Å². The second kappa shape index (κ2) is 4.96. The fourth-order valence-corrected chi connectivity index (χ4v) is 2.75. The number of carbonyl (C=O) groups excluding carboxylic acids is 2. The summed E-state index contributed by atoms with van der Waals surface area (Å²) in [5.41, 5.74) is 0.952. The van der Waals surface area contributed by atoms with Gasteiger partial charge in [-0.15, -0.1) is 0 Å². The van der Waals surface area contributed by atoms with E-state index in [9.17, 15) is 9.59 Å². The molecule has 1 N–H and O–H groups in total. The molecule has 1 heterocycles. The Morgan fingerprint density at radius 2 is 2.11 bits per heavy atom. The Bertz CT molecular complexity index is 544. The van der Waals surface area contributed by atoms with Crippen molar-refractivity contribution in [3.8, 4) is 0 Å². The zero-order valence-corrected chi connectivity index (χ0v) is 12.9. The highest BCUT2D eigenvalue weighted by atomic mass is 79.9. The van der Waals surface area contributed by atoms with E-state index in [0.717, 1.165) is 15.7 Å². The van der Waals surface area contributed by atoms with Crippen LogP contribution in [-0.2, 0) is 9.59 Å². The summed E-state index contributed by atoms with van der Waals surface area (Å²) < 4.78 is 0.959. The maximum absolute atomic E-state index is 12.6. The van der Waals surface area contributed by atoms with Crippen LogP contribution in [0.25, 0.3) is 0 Å². The lowest BCUT2D eigenvalue weighted by Crippen LogP contribution is -2.65. The summed E-state index contributed by atoms with van der Waals surface area (Å²) in [7, 11) is 0. The van der Waals surface area contributed by atoms with Crippen LogP contribution < -0.4 is 10.2 Å². The van der Waals surface area contributed by atoms with Crippen LogP contribution >= 0.6 is 15.9 Å². The first kappa shape index (κ1) is 14.1. The summed E-state index contributed by atoms with van der Waals surface area (Å²) in [6, 6.07) is 5.69. The first-order valence-electron chi connectivity index (χ1n) is 6.26. The van der Waals surface area contributed by atoms with E-state index in [1.165, 1.54) is 0 Å². The van der Waals surface area contributed by atoms with E-state index in [1.807, 2.05) is 32.0 Å². The molecule has 5 heteroatoms. The molecule has 1 aromatic carbocycles. The van der Waals surface area contributed by atoms with E-state index < -0.39 is 5.54 Å². The molecule has 0 radical (unpaired) electrons. The summed E-state index contributed by atoms with van der Waals surface area (Å²) in [5.74, 6) is -0.175. The first-order valence-corrected chi connectivity index (χ1v) is 7.06. The summed E-state index contributed by atoms with van der Waals surface area (Å²) in [6.45, 7) is 5.68. The van der Waals surface area contributed by atoms with Gasteiger partial charge in [0.15, 0.2) is 0 Å². The van der Waals surface area contributed by atoms with Crippen molar-refractivity contribution < 1.29 is 9.59 Å². The first-order chi connectivity index (χ1) is 8.87. The number of piperazine rings is 1. The minimum Gasteiger partial charge on any atom is -0.340 e. The van der Waals surface area contributed by atoms with Crippen LogP contribution in [0, 0.1) is 6.92 Å². The van der Waals surface area contributed by atoms with Crippen LogP contribution in [0.15, 0.2) is 22.7 Å². The van der Waals surface area contributed by atoms with Gasteiger partial charge < -0.3 is 10.2 Å². The second-order valence-electron chi connectivity index (χ2n) is 5.06. The van der Waals surface area contributed by atoms with Crippen LogP contribution in [0.3, 0.4) is 0 Å². The number of rotatable bonds is 2. The number of nitrogens with one attached hydrogen (secondary N) is 1. The molecule has 0 spiro atoms. The third-order valence-corrected chi connectivity index (χ3v) is 4.08. The highest BCUT2D eigenvalue weighted by Crippen LogP contribution is 2.28. The topological polar surface area (TPSA) is 49.4 Å². The van der Waals surface area contributed by atoms with E-state index in [-0.39, 0.29) is 18.4 Å². The van der Waals surface area contributed by atoms with Gasteiger partial charge in [0.2, 0.25) is 5.91 Å². The molecule has 1 atom stereocenters. The predicted octanol–water partition coefficient (Wildman–Crippen LogP) is 2.39. The predicted molar refractivity (Wildman–Crippen MR) is 78.1 cm³/mol. The number of halogens is 1. The molecule has 0 aromatic heterocycles. The quantitative estimate of drug-likeness (QED) is 0.908. The normalized spacial score (nSPS) is 23.5. The molecule has 19 heavy (non-hydrogen) atoms. The number of amides is 2. The van der Waals surface area contributed by atoms with Gasteiger partial charge in [-0.2, -0.15) is 0 Å². The van der Waals surface area contributed by atoms with Crippen molar-refractivity contribution in [3.63, 3.8) is 0 Å². The van der Waals surface area contributed by atoms with Gasteiger partial charge in [0.25, 0.3) is 5.91 Å². The van der Waals surface area contributed by atoms with Gasteiger partial charge in [-0.1, -0.05) is 22.9 Å². The van der Waals surface area contributed by atoms with Crippen LogP contribution in [0.5, 0.6) is 0 Å². The lowest BCUT2D eigenvalue weighted by atomic mass is 9.93. The van der Waals surface area contributed by atoms with Crippen molar-refractivity contribution >= 4 is 33.4 Å². The molecule has 1 aliphatic heterocycles. The molecule has 1 fully saturated rings. The average Bonchev–Trinajstić information content (AvgIpc) is 2.34. The molecule has 102 valence electrons.